The number of hydrogen-bond donors (Lipinski definition) is 8. The van der Waals surface area contributed by atoms with Crippen molar-refractivity contribution in [3.8, 4) is 0 Å². The lowest BCUT2D eigenvalue weighted by molar-refractivity contribution is -0.121. The van der Waals surface area contributed by atoms with Gasteiger partial charge in [0.05, 0.1) is 36.5 Å². The van der Waals surface area contributed by atoms with E-state index in [1.807, 2.05) is 18.2 Å². The van der Waals surface area contributed by atoms with Crippen LogP contribution in [0.2, 0.25) is 0 Å². The third kappa shape index (κ3) is 15.8. The number of ether oxygens (including phenoxy) is 2. The van der Waals surface area contributed by atoms with Crippen LogP contribution in [0.5, 0.6) is 0 Å². The highest BCUT2D eigenvalue weighted by atomic mass is 19.1. The molecule has 4 aromatic carbocycles. The van der Waals surface area contributed by atoms with Crippen LogP contribution in [-0.4, -0.2) is 100 Å². The molecule has 0 bridgehead atoms. The van der Waals surface area contributed by atoms with Gasteiger partial charge in [0.1, 0.15) is 35.5 Å². The Hall–Kier alpha value is -5.43. The number of cyclic esters (lactones) is 1. The number of rotatable bonds is 17. The molecule has 1 spiro atoms. The number of benzene rings is 4. The second-order valence-electron chi connectivity index (χ2n) is 23.5. The van der Waals surface area contributed by atoms with E-state index in [0.29, 0.717) is 62.5 Å². The van der Waals surface area contributed by atoms with Crippen molar-refractivity contribution in [1.82, 2.24) is 21.3 Å². The van der Waals surface area contributed by atoms with Gasteiger partial charge in [-0.1, -0.05) is 90.1 Å². The molecule has 7 rings (SSSR count). The van der Waals surface area contributed by atoms with Crippen molar-refractivity contribution in [1.29, 1.82) is 0 Å². The molecule has 416 valence electrons. The lowest BCUT2D eigenvalue weighted by atomic mass is 9.70. The minimum absolute atomic E-state index is 0.0495. The molecule has 76 heavy (non-hydrogen) atoms. The Labute approximate surface area is 444 Å². The smallest absolute Gasteiger partial charge is 0.430 e. The van der Waals surface area contributed by atoms with Gasteiger partial charge in [-0.05, 0) is 133 Å². The molecule has 2 aliphatic carbocycles. The van der Waals surface area contributed by atoms with Crippen molar-refractivity contribution in [3.05, 3.63) is 142 Å². The summed E-state index contributed by atoms with van der Waals surface area (Å²) in [5.74, 6) is -3.60. The average Bonchev–Trinajstić information content (AvgIpc) is 3.71. The molecule has 17 heteroatoms. The van der Waals surface area contributed by atoms with E-state index in [9.17, 15) is 52.4 Å². The van der Waals surface area contributed by atoms with Crippen molar-refractivity contribution < 1.29 is 61.8 Å². The first-order chi connectivity index (χ1) is 35.5. The summed E-state index contributed by atoms with van der Waals surface area (Å²) in [6.07, 6.45) is 1.60. The maximum absolute atomic E-state index is 13.8. The van der Waals surface area contributed by atoms with E-state index in [0.717, 1.165) is 28.8 Å². The quantitative estimate of drug-likeness (QED) is 0.0376. The highest BCUT2D eigenvalue weighted by Crippen LogP contribution is 2.46. The topological polar surface area (TPSA) is 199 Å². The van der Waals surface area contributed by atoms with Crippen LogP contribution in [0, 0.1) is 23.3 Å². The number of aliphatic hydroxyl groups is 4. The van der Waals surface area contributed by atoms with Crippen LogP contribution < -0.4 is 21.3 Å². The molecule has 8 N–H and O–H groups in total. The first kappa shape index (κ1) is 59.8. The van der Waals surface area contributed by atoms with Gasteiger partial charge in [0.15, 0.2) is 0 Å². The molecule has 4 atom stereocenters. The molecular weight excluding hydrogens is 985 g/mol. The summed E-state index contributed by atoms with van der Waals surface area (Å²) in [7, 11) is 0. The predicted octanol–water partition coefficient (Wildman–Crippen LogP) is 8.09. The van der Waals surface area contributed by atoms with E-state index in [1.165, 1.54) is 43.7 Å². The Morgan fingerprint density at radius 1 is 0.605 bits per heavy atom. The van der Waals surface area contributed by atoms with Crippen molar-refractivity contribution in [3.63, 3.8) is 0 Å². The zero-order valence-corrected chi connectivity index (χ0v) is 45.1. The summed E-state index contributed by atoms with van der Waals surface area (Å²) in [4.78, 5) is 35.5. The standard InChI is InChI=1S/C30H38F2N2O5.C29H40F2N2O4/c1-19(35)34-25(14-20-12-23(31)16-24(32)13-20)26(36)17-33-30(22-7-5-6-21(15-22)28(2,3)4)10-8-29(9-11-30)18-38-27(37)39-29;1-19(35)33-25(14-20-12-23(30)16-24(31)13-20)26(36)17-32-29(10-8-28(37,18-34)9-11-29)22-7-5-6-21(15-22)27(2,3)4/h5-7,12-13,15-16,25-26,33,36H,8-11,14,17-18H2,1-4H3,(H,34,35);5-7,12-13,15-16,25-26,32,34,36-37H,8-11,14,17-18H2,1-4H3,(H,33,35)/t25-,26+,29?,30?;25-,26+,28?,29?/m00/s1. The zero-order valence-electron chi connectivity index (χ0n) is 45.1. The summed E-state index contributed by atoms with van der Waals surface area (Å²) < 4.78 is 65.7. The largest absolute Gasteiger partial charge is 0.509 e. The van der Waals surface area contributed by atoms with Gasteiger partial charge in [0.25, 0.3) is 0 Å². The van der Waals surface area contributed by atoms with Gasteiger partial charge < -0.3 is 51.2 Å². The van der Waals surface area contributed by atoms with Crippen LogP contribution in [0.4, 0.5) is 22.4 Å². The molecule has 3 aliphatic rings. The lowest BCUT2D eigenvalue weighted by Crippen LogP contribution is -2.55. The fraction of sp³-hybridized carbons (Fsp3) is 0.542. The Kier molecular flexibility index (Phi) is 19.3. The number of carbonyl (C=O) groups excluding carboxylic acids is 3. The molecule has 1 saturated heterocycles. The highest BCUT2D eigenvalue weighted by Gasteiger charge is 2.50. The summed E-state index contributed by atoms with van der Waals surface area (Å²) in [6, 6.07) is 21.4. The van der Waals surface area contributed by atoms with Crippen LogP contribution in [0.1, 0.15) is 140 Å². The van der Waals surface area contributed by atoms with Crippen LogP contribution in [0.25, 0.3) is 0 Å². The molecule has 2 saturated carbocycles. The first-order valence-corrected chi connectivity index (χ1v) is 26.3. The normalized spacial score (nSPS) is 24.3. The van der Waals surface area contributed by atoms with E-state index < -0.39 is 76.0 Å². The maximum atomic E-state index is 13.8. The van der Waals surface area contributed by atoms with Crippen LogP contribution in [0.3, 0.4) is 0 Å². The number of nitrogens with one attached hydrogen (secondary N) is 4. The van der Waals surface area contributed by atoms with Crippen molar-refractivity contribution in [2.45, 2.75) is 177 Å². The van der Waals surface area contributed by atoms with Crippen LogP contribution >= 0.6 is 0 Å². The second kappa shape index (κ2) is 24.5. The molecule has 1 aliphatic heterocycles. The minimum Gasteiger partial charge on any atom is -0.430 e. The van der Waals surface area contributed by atoms with Gasteiger partial charge in [0.2, 0.25) is 11.8 Å². The highest BCUT2D eigenvalue weighted by molar-refractivity contribution is 5.73. The third-order valence-electron chi connectivity index (χ3n) is 15.4. The molecule has 0 radical (unpaired) electrons. The Balaban J connectivity index is 0.000000247. The van der Waals surface area contributed by atoms with Gasteiger partial charge in [-0.15, -0.1) is 0 Å². The first-order valence-electron chi connectivity index (χ1n) is 26.3. The van der Waals surface area contributed by atoms with Gasteiger partial charge >= 0.3 is 6.16 Å². The Morgan fingerprint density at radius 2 is 0.987 bits per heavy atom. The van der Waals surface area contributed by atoms with E-state index in [4.69, 9.17) is 9.47 Å². The molecule has 3 fully saturated rings. The van der Waals surface area contributed by atoms with Crippen molar-refractivity contribution >= 4 is 18.0 Å². The average molecular weight is 1060 g/mol. The number of amides is 2. The van der Waals surface area contributed by atoms with E-state index in [1.54, 1.807) is 0 Å². The van der Waals surface area contributed by atoms with E-state index >= 15 is 0 Å². The van der Waals surface area contributed by atoms with Gasteiger partial charge in [-0.2, -0.15) is 0 Å². The summed E-state index contributed by atoms with van der Waals surface area (Å²) >= 11 is 0. The Bertz CT molecular complexity index is 2600. The van der Waals surface area contributed by atoms with Crippen LogP contribution in [0.15, 0.2) is 84.9 Å². The summed E-state index contributed by atoms with van der Waals surface area (Å²) in [5, 5.41) is 55.3. The predicted molar refractivity (Wildman–Crippen MR) is 281 cm³/mol. The van der Waals surface area contributed by atoms with Crippen molar-refractivity contribution in [2.75, 3.05) is 26.3 Å². The van der Waals surface area contributed by atoms with Gasteiger partial charge in [0, 0.05) is 50.1 Å². The van der Waals surface area contributed by atoms with E-state index in [2.05, 4.69) is 93.1 Å². The molecule has 1 heterocycles. The molecule has 13 nitrogen and oxygen atoms in total. The van der Waals surface area contributed by atoms with Crippen molar-refractivity contribution in [2.24, 2.45) is 0 Å². The molecule has 0 unspecified atom stereocenters. The van der Waals surface area contributed by atoms with E-state index in [-0.39, 0.29) is 61.8 Å². The zero-order chi connectivity index (χ0) is 55.9. The SMILES string of the molecule is CC(=O)N[C@@H](Cc1cc(F)cc(F)c1)[C@H](O)CNC1(c2cccc(C(C)(C)C)c2)CCC(O)(CO)CC1.CC(=O)N[C@@H](Cc1cc(F)cc(F)c1)[C@H](O)CNC1(c2cccc(C(C)(C)C)c2)CCC2(CC1)COC(=O)O2. The molecule has 2 amide bonds. The second-order valence-corrected chi connectivity index (χ2v) is 23.5. The molecular formula is C59H78F4N4O9. The summed E-state index contributed by atoms with van der Waals surface area (Å²) in [6.45, 7) is 15.6. The van der Waals surface area contributed by atoms with Gasteiger partial charge in [-0.25, -0.2) is 22.4 Å². The monoisotopic (exact) mass is 1060 g/mol. The number of aliphatic hydroxyl groups excluding tert-OH is 3. The number of hydrogen-bond acceptors (Lipinski definition) is 11. The van der Waals surface area contributed by atoms with Gasteiger partial charge in [-0.3, -0.25) is 9.59 Å². The number of halogens is 4. The minimum atomic E-state index is -1.15. The fourth-order valence-electron chi connectivity index (χ4n) is 10.7. The Morgan fingerprint density at radius 3 is 1.32 bits per heavy atom. The number of carbonyl (C=O) groups is 3. The summed E-state index contributed by atoms with van der Waals surface area (Å²) in [5.41, 5.74) is 2.01. The molecule has 4 aromatic rings. The third-order valence-corrected chi connectivity index (χ3v) is 15.4. The van der Waals surface area contributed by atoms with Crippen LogP contribution in [-0.2, 0) is 53.8 Å². The fourth-order valence-corrected chi connectivity index (χ4v) is 10.7. The molecule has 0 aromatic heterocycles. The maximum Gasteiger partial charge on any atom is 0.509 e. The lowest BCUT2D eigenvalue weighted by Gasteiger charge is -2.45.